The first-order valence-corrected chi connectivity index (χ1v) is 14.6. The monoisotopic (exact) mass is 593 g/mol. The van der Waals surface area contributed by atoms with Crippen LogP contribution in [0.2, 0.25) is 0 Å². The van der Waals surface area contributed by atoms with Crippen LogP contribution in [0.15, 0.2) is 34.5 Å². The number of carbonyl (C=O) groups is 4. The Kier molecular flexibility index (Phi) is 9.81. The zero-order valence-corrected chi connectivity index (χ0v) is 23.8. The number of hydrogen-bond acceptors (Lipinski definition) is 13. The first kappa shape index (κ1) is 29.6. The number of hydrogen-bond donors (Lipinski definition) is 2. The molecule has 13 nitrogen and oxygen atoms in total. The van der Waals surface area contributed by atoms with Crippen molar-refractivity contribution in [1.29, 1.82) is 0 Å². The molecular formula is C25H31N5O8S2. The molecule has 0 spiro atoms. The number of esters is 2. The number of aromatic nitrogens is 1. The van der Waals surface area contributed by atoms with E-state index in [0.717, 1.165) is 24.2 Å². The number of methoxy groups -OCH3 is 1. The molecule has 1 aromatic rings. The summed E-state index contributed by atoms with van der Waals surface area (Å²) in [5, 5.41) is 7.73. The summed E-state index contributed by atoms with van der Waals surface area (Å²) < 4.78 is 15.7. The van der Waals surface area contributed by atoms with Crippen molar-refractivity contribution in [3.05, 3.63) is 35.0 Å². The smallest absolute Gasteiger partial charge is 0.358 e. The van der Waals surface area contributed by atoms with Crippen LogP contribution in [0.4, 0.5) is 5.13 Å². The molecule has 3 aliphatic rings. The van der Waals surface area contributed by atoms with Crippen molar-refractivity contribution in [1.82, 2.24) is 15.2 Å². The van der Waals surface area contributed by atoms with Crippen LogP contribution in [-0.4, -0.2) is 83.1 Å². The van der Waals surface area contributed by atoms with Crippen molar-refractivity contribution in [2.45, 2.75) is 50.1 Å². The van der Waals surface area contributed by atoms with Gasteiger partial charge in [0, 0.05) is 18.2 Å². The summed E-state index contributed by atoms with van der Waals surface area (Å²) in [4.78, 5) is 62.0. The molecule has 0 aromatic carbocycles. The van der Waals surface area contributed by atoms with Crippen molar-refractivity contribution < 1.29 is 38.2 Å². The van der Waals surface area contributed by atoms with Crippen molar-refractivity contribution in [2.75, 3.05) is 32.0 Å². The van der Waals surface area contributed by atoms with E-state index >= 15 is 0 Å². The van der Waals surface area contributed by atoms with Crippen LogP contribution >= 0.6 is 23.1 Å². The van der Waals surface area contributed by atoms with Crippen LogP contribution < -0.4 is 11.1 Å². The number of fused-ring (bicyclic) bond motifs is 1. The molecule has 1 saturated heterocycles. The summed E-state index contributed by atoms with van der Waals surface area (Å²) in [5.74, 6) is -2.39. The third kappa shape index (κ3) is 6.31. The summed E-state index contributed by atoms with van der Waals surface area (Å²) in [6.07, 6.45) is 4.40. The number of β-lactam (4-membered cyclic amide) rings is 1. The lowest BCUT2D eigenvalue weighted by Gasteiger charge is -2.49. The Balaban J connectivity index is 1.37. The molecule has 2 fully saturated rings. The number of anilines is 1. The molecule has 2 amide bonds. The van der Waals surface area contributed by atoms with Crippen LogP contribution in [-0.2, 0) is 38.2 Å². The number of nitrogens with zero attached hydrogens (tertiary/aromatic N) is 3. The molecule has 216 valence electrons. The normalized spacial score (nSPS) is 24.5. The number of nitrogen functional groups attached to an aromatic ring is 1. The molecule has 2 atom stereocenters. The predicted molar refractivity (Wildman–Crippen MR) is 147 cm³/mol. The number of nitrogens with two attached hydrogens (primary N) is 1. The van der Waals surface area contributed by atoms with E-state index in [4.69, 9.17) is 24.8 Å². The number of rotatable bonds is 11. The quantitative estimate of drug-likeness (QED) is 0.125. The third-order valence-corrected chi connectivity index (χ3v) is 8.70. The number of ether oxygens (including phenoxy) is 3. The van der Waals surface area contributed by atoms with Crippen molar-refractivity contribution in [3.63, 3.8) is 0 Å². The average molecular weight is 594 g/mol. The predicted octanol–water partition coefficient (Wildman–Crippen LogP) is 1.56. The lowest BCUT2D eigenvalue weighted by molar-refractivity contribution is -0.171. The maximum absolute atomic E-state index is 13.1. The van der Waals surface area contributed by atoms with Gasteiger partial charge in [0.2, 0.25) is 6.79 Å². The zero-order valence-electron chi connectivity index (χ0n) is 22.1. The highest BCUT2D eigenvalue weighted by molar-refractivity contribution is 8.00. The number of thioether (sulfide) groups is 1. The molecule has 1 unspecified atom stereocenters. The first-order valence-electron chi connectivity index (χ1n) is 12.7. The fourth-order valence-electron chi connectivity index (χ4n) is 4.59. The number of oxime groups is 1. The lowest BCUT2D eigenvalue weighted by Crippen LogP contribution is -2.71. The van der Waals surface area contributed by atoms with E-state index in [2.05, 4.69) is 22.0 Å². The molecule has 3 N–H and O–H groups in total. The van der Waals surface area contributed by atoms with Gasteiger partial charge < -0.3 is 30.1 Å². The second-order valence-electron chi connectivity index (χ2n) is 9.09. The van der Waals surface area contributed by atoms with E-state index < -0.39 is 42.0 Å². The number of amides is 2. The highest BCUT2D eigenvalue weighted by Crippen LogP contribution is 2.41. The van der Waals surface area contributed by atoms with Gasteiger partial charge in [-0.3, -0.25) is 19.3 Å². The Hall–Kier alpha value is -3.43. The van der Waals surface area contributed by atoms with Crippen LogP contribution in [0.5, 0.6) is 0 Å². The molecular weight excluding hydrogens is 562 g/mol. The van der Waals surface area contributed by atoms with E-state index in [0.29, 0.717) is 24.2 Å². The fraction of sp³-hybridized carbons (Fsp3) is 0.520. The second-order valence-corrected chi connectivity index (χ2v) is 11.1. The molecule has 0 radical (unpaired) electrons. The molecule has 3 heterocycles. The Morgan fingerprint density at radius 3 is 2.65 bits per heavy atom. The van der Waals surface area contributed by atoms with Gasteiger partial charge in [0.05, 0.1) is 12.0 Å². The van der Waals surface area contributed by atoms with E-state index in [1.54, 1.807) is 19.4 Å². The maximum atomic E-state index is 13.1. The number of thiazole rings is 1. The molecule has 15 heteroatoms. The molecule has 1 aromatic heterocycles. The number of nitrogens with one attached hydrogen (secondary N) is 1. The summed E-state index contributed by atoms with van der Waals surface area (Å²) >= 11 is 2.48. The van der Waals surface area contributed by atoms with E-state index in [9.17, 15) is 19.2 Å². The molecule has 0 bridgehead atoms. The topological polar surface area (TPSA) is 172 Å². The van der Waals surface area contributed by atoms with Gasteiger partial charge in [-0.05, 0) is 38.2 Å². The summed E-state index contributed by atoms with van der Waals surface area (Å²) in [5.41, 5.74) is 6.27. The zero-order chi connectivity index (χ0) is 28.8. The highest BCUT2D eigenvalue weighted by atomic mass is 32.2. The second kappa shape index (κ2) is 13.3. The molecule has 2 aliphatic heterocycles. The van der Waals surface area contributed by atoms with Gasteiger partial charge >= 0.3 is 11.9 Å². The first-order chi connectivity index (χ1) is 19.3. The van der Waals surface area contributed by atoms with Crippen LogP contribution in [0, 0.1) is 5.92 Å². The molecule has 40 heavy (non-hydrogen) atoms. The molecule has 1 aliphatic carbocycles. The van der Waals surface area contributed by atoms with Gasteiger partial charge in [0.25, 0.3) is 11.8 Å². The van der Waals surface area contributed by atoms with Crippen molar-refractivity contribution in [3.8, 4) is 0 Å². The van der Waals surface area contributed by atoms with Gasteiger partial charge in [-0.2, -0.15) is 0 Å². The van der Waals surface area contributed by atoms with E-state index in [1.165, 1.54) is 22.7 Å². The van der Waals surface area contributed by atoms with Crippen LogP contribution in [0.3, 0.4) is 0 Å². The minimum atomic E-state index is -0.936. The largest absolute Gasteiger partial charge is 0.428 e. The Labute approximate surface area is 239 Å². The van der Waals surface area contributed by atoms with Crippen LogP contribution in [0.25, 0.3) is 0 Å². The summed E-state index contributed by atoms with van der Waals surface area (Å²) in [6.45, 7) is 5.08. The number of allylic oxidation sites excluding steroid dienone is 1. The standard InChI is InChI=1S/C25H31N5O8S2/c1-4-13-10-39-22-18(28-20(31)17(29-38-5-2)16-11-40-25(26)27-16)21(32)30(22)19(13)24(34)37-12-36-23(33)14-6-8-15(35-3)9-7-14/h4,11,14-15,18,22H,1,5-10,12H2,2-3H3,(H2,26,27)(H,28,31)/t14?,15?,18?,22-/m1/s1. The Morgan fingerprint density at radius 1 is 1.27 bits per heavy atom. The Morgan fingerprint density at radius 2 is 2.02 bits per heavy atom. The molecule has 4 rings (SSSR count). The minimum absolute atomic E-state index is 0.00128. The summed E-state index contributed by atoms with van der Waals surface area (Å²) in [6, 6.07) is -0.936. The van der Waals surface area contributed by atoms with Crippen LogP contribution in [0.1, 0.15) is 38.3 Å². The fourth-order valence-corrected chi connectivity index (χ4v) is 6.48. The van der Waals surface area contributed by atoms with Gasteiger partial charge in [-0.15, -0.1) is 23.1 Å². The van der Waals surface area contributed by atoms with Gasteiger partial charge in [0.15, 0.2) is 10.8 Å². The number of carbonyl (C=O) groups excluding carboxylic acids is 4. The molecule has 1 saturated carbocycles. The van der Waals surface area contributed by atoms with Crippen molar-refractivity contribution in [2.24, 2.45) is 11.1 Å². The van der Waals surface area contributed by atoms with Gasteiger partial charge in [0.1, 0.15) is 29.4 Å². The third-order valence-electron chi connectivity index (χ3n) is 6.72. The lowest BCUT2D eigenvalue weighted by atomic mass is 9.87. The minimum Gasteiger partial charge on any atom is -0.428 e. The van der Waals surface area contributed by atoms with Gasteiger partial charge in [-0.1, -0.05) is 17.8 Å². The Bertz CT molecular complexity index is 1220. The van der Waals surface area contributed by atoms with E-state index in [1.807, 2.05) is 0 Å². The maximum Gasteiger partial charge on any atom is 0.358 e. The van der Waals surface area contributed by atoms with Gasteiger partial charge in [-0.25, -0.2) is 9.78 Å². The van der Waals surface area contributed by atoms with Crippen molar-refractivity contribution >= 4 is 57.7 Å². The average Bonchev–Trinajstić information content (AvgIpc) is 3.40. The van der Waals surface area contributed by atoms with E-state index in [-0.39, 0.29) is 40.9 Å². The summed E-state index contributed by atoms with van der Waals surface area (Å²) in [7, 11) is 1.65. The highest BCUT2D eigenvalue weighted by Gasteiger charge is 2.54. The SMILES string of the molecule is C=CC1=C(C(=O)OCOC(=O)C2CCC(OC)CC2)N2C(=O)C(NC(=O)C(=NOCC)c3csc(N)n3)[C@H]2SC1.